The maximum absolute atomic E-state index is 13.7. The minimum absolute atomic E-state index is 0.396. The van der Waals surface area contributed by atoms with E-state index >= 15 is 0 Å². The number of hydrogen-bond acceptors (Lipinski definition) is 2. The molecule has 3 rings (SSSR count). The van der Waals surface area contributed by atoms with Crippen molar-refractivity contribution in [2.75, 3.05) is 17.3 Å². The number of carbonyl (C=O) groups is 1. The van der Waals surface area contributed by atoms with Crippen LogP contribution in [0.1, 0.15) is 6.92 Å². The van der Waals surface area contributed by atoms with Crippen molar-refractivity contribution in [3.8, 4) is 0 Å². The van der Waals surface area contributed by atoms with E-state index in [1.54, 1.807) is 18.9 Å². The Labute approximate surface area is 149 Å². The molecule has 0 aliphatic heterocycles. The van der Waals surface area contributed by atoms with Gasteiger partial charge in [0, 0.05) is 12.7 Å². The van der Waals surface area contributed by atoms with Crippen molar-refractivity contribution in [1.82, 2.24) is 0 Å². The third-order valence-electron chi connectivity index (χ3n) is 4.39. The van der Waals surface area contributed by atoms with Crippen molar-refractivity contribution in [3.05, 3.63) is 72.0 Å². The topological polar surface area (TPSA) is 32.3 Å². The summed E-state index contributed by atoms with van der Waals surface area (Å²) in [5.41, 5.74) is 0.407. The first kappa shape index (κ1) is 17.8. The van der Waals surface area contributed by atoms with Gasteiger partial charge in [-0.3, -0.25) is 4.79 Å². The molecule has 3 nitrogen and oxygen atoms in total. The summed E-state index contributed by atoms with van der Waals surface area (Å²) in [7, 11) is 1.73. The van der Waals surface area contributed by atoms with Gasteiger partial charge in [-0.2, -0.15) is 0 Å². The molecular formula is C20H17F3N2O. The van der Waals surface area contributed by atoms with E-state index < -0.39 is 35.1 Å². The van der Waals surface area contributed by atoms with Crippen molar-refractivity contribution in [1.29, 1.82) is 0 Å². The average molecular weight is 358 g/mol. The standard InChI is InChI=1S/C20H17F3N2O/c1-12(20(26)24-17-10-9-16(21)18(22)19(17)23)25(2)15-8-7-13-5-3-4-6-14(13)11-15/h3-12H,1-2H3,(H,24,26)/t12-/m1/s1. The van der Waals surface area contributed by atoms with Crippen molar-refractivity contribution in [2.45, 2.75) is 13.0 Å². The second kappa shape index (κ2) is 7.07. The number of fused-ring (bicyclic) bond motifs is 1. The van der Waals surface area contributed by atoms with Crippen LogP contribution >= 0.6 is 0 Å². The van der Waals surface area contributed by atoms with Crippen LogP contribution in [0.4, 0.5) is 24.5 Å². The van der Waals surface area contributed by atoms with E-state index in [1.807, 2.05) is 42.5 Å². The van der Waals surface area contributed by atoms with E-state index in [0.717, 1.165) is 28.6 Å². The molecule has 3 aromatic rings. The van der Waals surface area contributed by atoms with E-state index in [0.29, 0.717) is 0 Å². The molecule has 0 bridgehead atoms. The number of nitrogens with one attached hydrogen (secondary N) is 1. The highest BCUT2D eigenvalue weighted by Gasteiger charge is 2.21. The van der Waals surface area contributed by atoms with Gasteiger partial charge in [-0.05, 0) is 42.0 Å². The van der Waals surface area contributed by atoms with Crippen molar-refractivity contribution >= 4 is 28.1 Å². The number of rotatable bonds is 4. The maximum atomic E-state index is 13.7. The second-order valence-corrected chi connectivity index (χ2v) is 6.03. The summed E-state index contributed by atoms with van der Waals surface area (Å²) in [6.07, 6.45) is 0. The molecule has 0 saturated carbocycles. The van der Waals surface area contributed by atoms with E-state index in [9.17, 15) is 18.0 Å². The Morgan fingerprint density at radius 3 is 2.38 bits per heavy atom. The first-order valence-electron chi connectivity index (χ1n) is 8.04. The first-order valence-corrected chi connectivity index (χ1v) is 8.04. The molecule has 0 radical (unpaired) electrons. The van der Waals surface area contributed by atoms with Gasteiger partial charge in [0.05, 0.1) is 5.69 Å². The minimum atomic E-state index is -1.61. The van der Waals surface area contributed by atoms with E-state index in [1.165, 1.54) is 0 Å². The Balaban J connectivity index is 1.79. The van der Waals surface area contributed by atoms with Crippen LogP contribution in [0, 0.1) is 17.5 Å². The van der Waals surface area contributed by atoms with Crippen LogP contribution in [-0.2, 0) is 4.79 Å². The lowest BCUT2D eigenvalue weighted by Gasteiger charge is -2.26. The fourth-order valence-electron chi connectivity index (χ4n) is 2.66. The Morgan fingerprint density at radius 1 is 0.962 bits per heavy atom. The average Bonchev–Trinajstić information content (AvgIpc) is 2.66. The number of halogens is 3. The molecule has 1 amide bonds. The summed E-state index contributed by atoms with van der Waals surface area (Å²) in [5, 5.41) is 4.40. The Hall–Kier alpha value is -3.02. The van der Waals surface area contributed by atoms with Crippen LogP contribution < -0.4 is 10.2 Å². The van der Waals surface area contributed by atoms with Gasteiger partial charge in [0.25, 0.3) is 0 Å². The summed E-state index contributed by atoms with van der Waals surface area (Å²) in [4.78, 5) is 14.1. The number of amides is 1. The zero-order chi connectivity index (χ0) is 18.8. The van der Waals surface area contributed by atoms with Crippen molar-refractivity contribution in [3.63, 3.8) is 0 Å². The van der Waals surface area contributed by atoms with Crippen LogP contribution in [0.2, 0.25) is 0 Å². The minimum Gasteiger partial charge on any atom is -0.363 e. The summed E-state index contributed by atoms with van der Waals surface area (Å²) in [6.45, 7) is 1.64. The fraction of sp³-hybridized carbons (Fsp3) is 0.150. The zero-order valence-corrected chi connectivity index (χ0v) is 14.3. The van der Waals surface area contributed by atoms with Crippen LogP contribution in [0.15, 0.2) is 54.6 Å². The fourth-order valence-corrected chi connectivity index (χ4v) is 2.66. The maximum Gasteiger partial charge on any atom is 0.246 e. The lowest BCUT2D eigenvalue weighted by atomic mass is 10.1. The van der Waals surface area contributed by atoms with Gasteiger partial charge >= 0.3 is 0 Å². The third-order valence-corrected chi connectivity index (χ3v) is 4.39. The highest BCUT2D eigenvalue weighted by atomic mass is 19.2. The molecule has 0 saturated heterocycles. The predicted octanol–water partition coefficient (Wildman–Crippen LogP) is 4.72. The van der Waals surface area contributed by atoms with Crippen LogP contribution in [0.25, 0.3) is 10.8 Å². The summed E-state index contributed by atoms with van der Waals surface area (Å²) >= 11 is 0. The monoisotopic (exact) mass is 358 g/mol. The van der Waals surface area contributed by atoms with Gasteiger partial charge in [-0.1, -0.05) is 30.3 Å². The smallest absolute Gasteiger partial charge is 0.246 e. The van der Waals surface area contributed by atoms with Gasteiger partial charge in [-0.15, -0.1) is 0 Å². The molecule has 0 aromatic heterocycles. The number of carbonyl (C=O) groups excluding carboxylic acids is 1. The molecule has 0 heterocycles. The van der Waals surface area contributed by atoms with Gasteiger partial charge in [0.2, 0.25) is 5.91 Å². The third kappa shape index (κ3) is 3.35. The number of benzene rings is 3. The van der Waals surface area contributed by atoms with Crippen LogP contribution in [0.3, 0.4) is 0 Å². The van der Waals surface area contributed by atoms with Gasteiger partial charge in [-0.25, -0.2) is 13.2 Å². The predicted molar refractivity (Wildman–Crippen MR) is 96.8 cm³/mol. The quantitative estimate of drug-likeness (QED) is 0.685. The molecule has 134 valence electrons. The van der Waals surface area contributed by atoms with E-state index in [-0.39, 0.29) is 0 Å². The molecular weight excluding hydrogens is 341 g/mol. The molecule has 1 atom stereocenters. The summed E-state index contributed by atoms with van der Waals surface area (Å²) < 4.78 is 40.0. The normalized spacial score (nSPS) is 12.0. The van der Waals surface area contributed by atoms with E-state index in [2.05, 4.69) is 5.32 Å². The number of likely N-dealkylation sites (N-methyl/N-ethyl adjacent to an activating group) is 1. The highest BCUT2D eigenvalue weighted by Crippen LogP contribution is 2.24. The molecule has 0 aliphatic rings. The largest absolute Gasteiger partial charge is 0.363 e. The molecule has 0 fully saturated rings. The van der Waals surface area contributed by atoms with Crippen molar-refractivity contribution < 1.29 is 18.0 Å². The van der Waals surface area contributed by atoms with Crippen LogP contribution in [-0.4, -0.2) is 19.0 Å². The molecule has 6 heteroatoms. The highest BCUT2D eigenvalue weighted by molar-refractivity contribution is 5.97. The Kier molecular flexibility index (Phi) is 4.84. The summed E-state index contributed by atoms with van der Waals surface area (Å²) in [6, 6.07) is 14.7. The number of anilines is 2. The molecule has 0 unspecified atom stereocenters. The molecule has 0 aliphatic carbocycles. The van der Waals surface area contributed by atoms with Crippen molar-refractivity contribution in [2.24, 2.45) is 0 Å². The van der Waals surface area contributed by atoms with E-state index in [4.69, 9.17) is 0 Å². The summed E-state index contributed by atoms with van der Waals surface area (Å²) in [5.74, 6) is -4.87. The van der Waals surface area contributed by atoms with Gasteiger partial charge in [0.1, 0.15) is 6.04 Å². The molecule has 26 heavy (non-hydrogen) atoms. The lowest BCUT2D eigenvalue weighted by Crippen LogP contribution is -2.39. The SMILES string of the molecule is C[C@H](C(=O)Nc1ccc(F)c(F)c1F)N(C)c1ccc2ccccc2c1. The van der Waals surface area contributed by atoms with Crippen LogP contribution in [0.5, 0.6) is 0 Å². The van der Waals surface area contributed by atoms with Gasteiger partial charge in [0.15, 0.2) is 17.5 Å². The molecule has 3 aromatic carbocycles. The lowest BCUT2D eigenvalue weighted by molar-refractivity contribution is -0.117. The Morgan fingerprint density at radius 2 is 1.65 bits per heavy atom. The molecule has 1 N–H and O–H groups in total. The molecule has 0 spiro atoms. The Bertz CT molecular complexity index is 974. The first-order chi connectivity index (χ1) is 12.4. The van der Waals surface area contributed by atoms with Gasteiger partial charge < -0.3 is 10.2 Å². The number of nitrogens with zero attached hydrogens (tertiary/aromatic N) is 1. The number of hydrogen-bond donors (Lipinski definition) is 1. The second-order valence-electron chi connectivity index (χ2n) is 6.03. The zero-order valence-electron chi connectivity index (χ0n) is 14.3.